The molecule has 2 aromatic heterocycles. The molecule has 2 heterocycles. The molecule has 1 N–H and O–H groups in total. The van der Waals surface area contributed by atoms with Crippen LogP contribution in [0.2, 0.25) is 0 Å². The topological polar surface area (TPSA) is 60.2 Å². The van der Waals surface area contributed by atoms with Crippen molar-refractivity contribution < 1.29 is 16.7 Å². The van der Waals surface area contributed by atoms with Crippen molar-refractivity contribution in [1.29, 1.82) is 0 Å². The Hall–Kier alpha value is -1.98. The number of aliphatic hydroxyl groups is 1. The molecular weight excluding hydrogens is 278 g/mol. The summed E-state index contributed by atoms with van der Waals surface area (Å²) in [5.74, 6) is 0.318. The van der Waals surface area contributed by atoms with Crippen molar-refractivity contribution in [1.82, 2.24) is 14.5 Å². The van der Waals surface area contributed by atoms with E-state index < -0.39 is 19.0 Å². The number of rotatable bonds is 5. The summed E-state index contributed by atoms with van der Waals surface area (Å²) in [6.45, 7) is -2.63. The van der Waals surface area contributed by atoms with Crippen LogP contribution in [0, 0.1) is 0 Å². The smallest absolute Gasteiger partial charge is 0.136 e. The number of aromatic nitrogens is 3. The van der Waals surface area contributed by atoms with Crippen molar-refractivity contribution in [3.63, 3.8) is 0 Å². The molecule has 0 saturated heterocycles. The van der Waals surface area contributed by atoms with Gasteiger partial charge in [-0.3, -0.25) is 4.98 Å². The first-order valence-corrected chi connectivity index (χ1v) is 6.98. The molecule has 0 amide bonds. The van der Waals surface area contributed by atoms with Crippen molar-refractivity contribution in [2.45, 2.75) is 39.5 Å². The Kier molecular flexibility index (Phi) is 2.55. The van der Waals surface area contributed by atoms with Crippen LogP contribution in [-0.4, -0.2) is 31.8 Å². The molecule has 0 fully saturated rings. The van der Waals surface area contributed by atoms with Gasteiger partial charge in [0.2, 0.25) is 0 Å². The summed E-state index contributed by atoms with van der Waals surface area (Å²) >= 11 is 0. The molecule has 0 aliphatic carbocycles. The van der Waals surface area contributed by atoms with E-state index in [1.165, 1.54) is 0 Å². The van der Waals surface area contributed by atoms with Gasteiger partial charge in [-0.05, 0) is 26.8 Å². The first kappa shape index (κ1) is 9.92. The number of hydrogen-bond donors (Lipinski definition) is 1. The molecule has 5 heteroatoms. The zero-order valence-corrected chi connectivity index (χ0v) is 12.5. The molecule has 5 nitrogen and oxygen atoms in total. The maximum atomic E-state index is 10.3. The standard InChI is InChI=1S/C17H21N3O2/c1-4-22-10-15-19-14-9-18-13-8-6-5-7-12(13)16(14)20(15)11-17(2,3)21/h5-9,21H,4,10-11H2,1-3H3/i1D3,4D2. The van der Waals surface area contributed by atoms with Gasteiger partial charge < -0.3 is 14.4 Å². The highest BCUT2D eigenvalue weighted by Gasteiger charge is 2.20. The van der Waals surface area contributed by atoms with Crippen molar-refractivity contribution >= 4 is 21.9 Å². The first-order valence-electron chi connectivity index (χ1n) is 9.48. The number of pyridine rings is 1. The molecule has 0 aliphatic heterocycles. The molecule has 0 atom stereocenters. The van der Waals surface area contributed by atoms with Crippen molar-refractivity contribution in [2.75, 3.05) is 6.56 Å². The predicted molar refractivity (Wildman–Crippen MR) is 86.7 cm³/mol. The maximum Gasteiger partial charge on any atom is 0.136 e. The number of fused-ring (bicyclic) bond motifs is 3. The molecule has 116 valence electrons. The van der Waals surface area contributed by atoms with Crippen LogP contribution < -0.4 is 0 Å². The lowest BCUT2D eigenvalue weighted by Gasteiger charge is -2.20. The van der Waals surface area contributed by atoms with Crippen LogP contribution in [0.1, 0.15) is 33.4 Å². The molecule has 0 bridgehead atoms. The average molecular weight is 304 g/mol. The van der Waals surface area contributed by atoms with Gasteiger partial charge in [-0.2, -0.15) is 0 Å². The van der Waals surface area contributed by atoms with E-state index in [1.807, 2.05) is 24.3 Å². The van der Waals surface area contributed by atoms with Gasteiger partial charge in [0.15, 0.2) is 0 Å². The summed E-state index contributed by atoms with van der Waals surface area (Å²) in [4.78, 5) is 8.81. The number of benzene rings is 1. The van der Waals surface area contributed by atoms with Gasteiger partial charge in [0.05, 0.1) is 32.1 Å². The Labute approximate surface area is 136 Å². The van der Waals surface area contributed by atoms with Crippen molar-refractivity contribution in [2.24, 2.45) is 0 Å². The van der Waals surface area contributed by atoms with E-state index in [9.17, 15) is 5.11 Å². The molecule has 0 spiro atoms. The summed E-state index contributed by atoms with van der Waals surface area (Å²) in [6, 6.07) is 7.49. The minimum absolute atomic E-state index is 0.174. The normalized spacial score (nSPS) is 17.0. The predicted octanol–water partition coefficient (Wildman–Crippen LogP) is 2.89. The SMILES string of the molecule is [2H]C([2H])([2H])C([2H])([2H])OCc1nc2cnc3ccccc3c2n1CC(C)(C)O. The lowest BCUT2D eigenvalue weighted by atomic mass is 10.1. The third kappa shape index (κ3) is 2.82. The number of para-hydroxylation sites is 1. The van der Waals surface area contributed by atoms with Gasteiger partial charge in [0, 0.05) is 16.1 Å². The van der Waals surface area contributed by atoms with Gasteiger partial charge in [-0.25, -0.2) is 4.98 Å². The number of nitrogens with zero attached hydrogens (tertiary/aromatic N) is 3. The van der Waals surface area contributed by atoms with E-state index in [0.717, 1.165) is 16.4 Å². The third-order valence-electron chi connectivity index (χ3n) is 3.38. The second-order valence-corrected chi connectivity index (χ2v) is 5.83. The van der Waals surface area contributed by atoms with Gasteiger partial charge in [-0.15, -0.1) is 0 Å². The fourth-order valence-corrected chi connectivity index (χ4v) is 2.58. The minimum atomic E-state index is -2.92. The van der Waals surface area contributed by atoms with Crippen LogP contribution in [-0.2, 0) is 17.9 Å². The highest BCUT2D eigenvalue weighted by Crippen LogP contribution is 2.26. The molecule has 0 radical (unpaired) electrons. The molecule has 0 aliphatic rings. The summed E-state index contributed by atoms with van der Waals surface area (Å²) in [6.07, 6.45) is 1.60. The molecule has 3 aromatic rings. The van der Waals surface area contributed by atoms with E-state index in [1.54, 1.807) is 24.6 Å². The van der Waals surface area contributed by atoms with Crippen LogP contribution in [0.25, 0.3) is 21.9 Å². The summed E-state index contributed by atoms with van der Waals surface area (Å²) in [5, 5.41) is 11.2. The van der Waals surface area contributed by atoms with Crippen LogP contribution in [0.15, 0.2) is 30.5 Å². The van der Waals surface area contributed by atoms with E-state index >= 15 is 0 Å². The van der Waals surface area contributed by atoms with Crippen molar-refractivity contribution in [3.05, 3.63) is 36.3 Å². The Morgan fingerprint density at radius 3 is 2.95 bits per heavy atom. The van der Waals surface area contributed by atoms with Crippen LogP contribution in [0.3, 0.4) is 0 Å². The summed E-state index contributed by atoms with van der Waals surface area (Å²) < 4.78 is 43.9. The molecule has 1 aromatic carbocycles. The maximum absolute atomic E-state index is 10.3. The van der Waals surface area contributed by atoms with Gasteiger partial charge >= 0.3 is 0 Å². The van der Waals surface area contributed by atoms with Gasteiger partial charge in [-0.1, -0.05) is 18.2 Å². The van der Waals surface area contributed by atoms with Gasteiger partial charge in [0.25, 0.3) is 0 Å². The molecule has 0 unspecified atom stereocenters. The van der Waals surface area contributed by atoms with Gasteiger partial charge in [0.1, 0.15) is 17.9 Å². The lowest BCUT2D eigenvalue weighted by molar-refractivity contribution is 0.0582. The largest absolute Gasteiger partial charge is 0.389 e. The Balaban J connectivity index is 2.12. The monoisotopic (exact) mass is 304 g/mol. The Bertz CT molecular complexity index is 976. The quantitative estimate of drug-likeness (QED) is 0.787. The average Bonchev–Trinajstić information content (AvgIpc) is 2.88. The van der Waals surface area contributed by atoms with Crippen LogP contribution in [0.4, 0.5) is 0 Å². The summed E-state index contributed by atoms with van der Waals surface area (Å²) in [7, 11) is 0. The fraction of sp³-hybridized carbons (Fsp3) is 0.412. The van der Waals surface area contributed by atoms with E-state index in [4.69, 9.17) is 11.6 Å². The molecule has 3 rings (SSSR count). The first-order chi connectivity index (χ1) is 12.4. The highest BCUT2D eigenvalue weighted by molar-refractivity contribution is 6.02. The number of imidazole rings is 1. The summed E-state index contributed by atoms with van der Waals surface area (Å²) in [5.41, 5.74) is 0.976. The molecule has 0 saturated carbocycles. The second-order valence-electron chi connectivity index (χ2n) is 5.83. The van der Waals surface area contributed by atoms with E-state index in [2.05, 4.69) is 9.97 Å². The zero-order chi connectivity index (χ0) is 20.0. The number of ether oxygens (including phenoxy) is 1. The fourth-order valence-electron chi connectivity index (χ4n) is 2.58. The Morgan fingerprint density at radius 2 is 2.18 bits per heavy atom. The number of hydrogen-bond acceptors (Lipinski definition) is 4. The second kappa shape index (κ2) is 5.66. The lowest BCUT2D eigenvalue weighted by Crippen LogP contribution is -2.27. The Morgan fingerprint density at radius 1 is 1.36 bits per heavy atom. The van der Waals surface area contributed by atoms with Crippen LogP contribution in [0.5, 0.6) is 0 Å². The van der Waals surface area contributed by atoms with Crippen molar-refractivity contribution in [3.8, 4) is 0 Å². The zero-order valence-electron chi connectivity index (χ0n) is 17.5. The van der Waals surface area contributed by atoms with Crippen LogP contribution >= 0.6 is 0 Å². The minimum Gasteiger partial charge on any atom is -0.389 e. The van der Waals surface area contributed by atoms with E-state index in [0.29, 0.717) is 11.3 Å². The highest BCUT2D eigenvalue weighted by atomic mass is 16.5. The third-order valence-corrected chi connectivity index (χ3v) is 3.38. The molecular formula is C17H21N3O2. The molecule has 22 heavy (non-hydrogen) atoms. The van der Waals surface area contributed by atoms with E-state index in [-0.39, 0.29) is 13.2 Å².